The summed E-state index contributed by atoms with van der Waals surface area (Å²) in [6, 6.07) is 8.94. The molecule has 6 heteroatoms. The highest BCUT2D eigenvalue weighted by Crippen LogP contribution is 2.43. The topological polar surface area (TPSA) is 56.2 Å². The number of hydrogen-bond donors (Lipinski definition) is 1. The normalized spacial score (nSPS) is 27.7. The van der Waals surface area contributed by atoms with Crippen LogP contribution in [0.15, 0.2) is 36.5 Å². The first-order valence-electron chi connectivity index (χ1n) is 9.26. The summed E-state index contributed by atoms with van der Waals surface area (Å²) >= 11 is 0. The molecule has 26 heavy (non-hydrogen) atoms. The summed E-state index contributed by atoms with van der Waals surface area (Å²) in [4.78, 5) is 12.8. The number of ether oxygens (including phenoxy) is 1. The Balaban J connectivity index is 1.44. The number of nitrogens with zero attached hydrogens (tertiary/aromatic N) is 2. The molecule has 2 aliphatic rings. The van der Waals surface area contributed by atoms with Crippen LogP contribution >= 0.6 is 0 Å². The molecule has 0 unspecified atom stereocenters. The van der Waals surface area contributed by atoms with Gasteiger partial charge in [0.15, 0.2) is 0 Å². The summed E-state index contributed by atoms with van der Waals surface area (Å²) in [7, 11) is 0. The Hall–Kier alpha value is -2.21. The second-order valence-corrected chi connectivity index (χ2v) is 7.46. The number of rotatable bonds is 5. The lowest BCUT2D eigenvalue weighted by Crippen LogP contribution is -2.35. The number of hydrogen-bond acceptors (Lipinski definition) is 3. The van der Waals surface area contributed by atoms with Gasteiger partial charge in [0.25, 0.3) is 0 Å². The van der Waals surface area contributed by atoms with Crippen LogP contribution < -0.4 is 5.32 Å². The van der Waals surface area contributed by atoms with Gasteiger partial charge in [-0.05, 0) is 44.4 Å². The van der Waals surface area contributed by atoms with Crippen LogP contribution in [-0.4, -0.2) is 28.3 Å². The summed E-state index contributed by atoms with van der Waals surface area (Å²) in [6.07, 6.45) is 2.96. The van der Waals surface area contributed by atoms with E-state index in [4.69, 9.17) is 4.74 Å². The van der Waals surface area contributed by atoms with Gasteiger partial charge in [-0.3, -0.25) is 9.48 Å². The summed E-state index contributed by atoms with van der Waals surface area (Å²) < 4.78 is 21.7. The maximum Gasteiger partial charge on any atom is 0.226 e. The highest BCUT2D eigenvalue weighted by Gasteiger charge is 2.44. The second kappa shape index (κ2) is 6.83. The second-order valence-electron chi connectivity index (χ2n) is 7.46. The third-order valence-electron chi connectivity index (χ3n) is 5.33. The Morgan fingerprint density at radius 3 is 2.92 bits per heavy atom. The molecule has 4 rings (SSSR count). The van der Waals surface area contributed by atoms with E-state index in [9.17, 15) is 9.18 Å². The van der Waals surface area contributed by atoms with Crippen LogP contribution in [0.3, 0.4) is 0 Å². The molecular weight excluding hydrogens is 333 g/mol. The van der Waals surface area contributed by atoms with Crippen molar-refractivity contribution in [2.45, 2.75) is 50.8 Å². The molecule has 1 N–H and O–H groups in total. The Morgan fingerprint density at radius 1 is 1.35 bits per heavy atom. The van der Waals surface area contributed by atoms with Gasteiger partial charge in [-0.1, -0.05) is 18.2 Å². The van der Waals surface area contributed by atoms with Crippen molar-refractivity contribution in [3.63, 3.8) is 0 Å². The third kappa shape index (κ3) is 3.14. The maximum atomic E-state index is 13.9. The van der Waals surface area contributed by atoms with Gasteiger partial charge in [0.1, 0.15) is 11.9 Å². The molecular formula is C20H24FN3O2. The van der Waals surface area contributed by atoms with Crippen molar-refractivity contribution in [3.05, 3.63) is 53.6 Å². The van der Waals surface area contributed by atoms with Gasteiger partial charge in [-0.25, -0.2) is 4.39 Å². The van der Waals surface area contributed by atoms with Crippen molar-refractivity contribution >= 4 is 5.91 Å². The summed E-state index contributed by atoms with van der Waals surface area (Å²) in [5.74, 6) is -0.363. The molecule has 2 aromatic rings. The van der Waals surface area contributed by atoms with Gasteiger partial charge < -0.3 is 10.1 Å². The molecule has 2 heterocycles. The van der Waals surface area contributed by atoms with E-state index in [0.29, 0.717) is 18.6 Å². The Bertz CT molecular complexity index is 804. The fourth-order valence-electron chi connectivity index (χ4n) is 3.89. The first-order chi connectivity index (χ1) is 12.6. The number of halogens is 1. The van der Waals surface area contributed by atoms with E-state index < -0.39 is 0 Å². The number of amides is 1. The number of carbonyl (C=O) groups excluding carboxylic acids is 1. The number of carbonyl (C=O) groups is 1. The zero-order valence-electron chi connectivity index (χ0n) is 15.1. The van der Waals surface area contributed by atoms with Crippen LogP contribution in [0, 0.1) is 11.7 Å². The van der Waals surface area contributed by atoms with Gasteiger partial charge in [-0.15, -0.1) is 0 Å². The highest BCUT2D eigenvalue weighted by molar-refractivity contribution is 5.80. The molecule has 1 aliphatic heterocycles. The minimum Gasteiger partial charge on any atom is -0.371 e. The molecule has 1 saturated heterocycles. The lowest BCUT2D eigenvalue weighted by molar-refractivity contribution is -0.127. The Morgan fingerprint density at radius 2 is 2.15 bits per heavy atom. The first-order valence-corrected chi connectivity index (χ1v) is 9.26. The lowest BCUT2D eigenvalue weighted by atomic mass is 9.97. The van der Waals surface area contributed by atoms with Crippen LogP contribution in [0.25, 0.3) is 0 Å². The van der Waals surface area contributed by atoms with Crippen LogP contribution in [0.1, 0.15) is 56.0 Å². The molecule has 1 amide bonds. The molecule has 1 saturated carbocycles. The van der Waals surface area contributed by atoms with Crippen molar-refractivity contribution < 1.29 is 13.9 Å². The molecule has 0 bridgehead atoms. The predicted molar refractivity (Wildman–Crippen MR) is 95.1 cm³/mol. The molecule has 0 spiro atoms. The zero-order chi connectivity index (χ0) is 18.3. The van der Waals surface area contributed by atoms with Gasteiger partial charge in [0.05, 0.1) is 11.6 Å². The molecule has 1 aliphatic carbocycles. The molecule has 0 radical (unpaired) electrons. The fourth-order valence-corrected chi connectivity index (χ4v) is 3.89. The van der Waals surface area contributed by atoms with E-state index in [1.165, 1.54) is 6.07 Å². The fraction of sp³-hybridized carbons (Fsp3) is 0.500. The van der Waals surface area contributed by atoms with E-state index in [1.54, 1.807) is 18.3 Å². The van der Waals surface area contributed by atoms with Gasteiger partial charge >= 0.3 is 0 Å². The van der Waals surface area contributed by atoms with Crippen molar-refractivity contribution in [1.82, 2.24) is 15.1 Å². The minimum absolute atomic E-state index is 0.00662. The SMILES string of the molecule is CC(C)n1nccc1[C@H]1OCC[C@@H]1C(=O)N[C@@H]1C[C@@H]1c1ccccc1F. The standard InChI is InChI=1S/C20H24FN3O2/c1-12(2)24-18(7-9-22-24)19-14(8-10-26-19)20(25)23-17-11-15(17)13-5-3-4-6-16(13)21/h3-7,9,12,14-15,17,19H,8,10-11H2,1-2H3,(H,23,25)/t14-,15+,17+,19-/m0/s1. The molecule has 2 fully saturated rings. The van der Waals surface area contributed by atoms with Crippen LogP contribution in [-0.2, 0) is 9.53 Å². The smallest absolute Gasteiger partial charge is 0.226 e. The van der Waals surface area contributed by atoms with E-state index in [-0.39, 0.29) is 41.7 Å². The Kier molecular flexibility index (Phi) is 4.53. The molecule has 1 aromatic carbocycles. The Labute approximate surface area is 152 Å². The van der Waals surface area contributed by atoms with Gasteiger partial charge in [0.2, 0.25) is 5.91 Å². The quantitative estimate of drug-likeness (QED) is 0.893. The highest BCUT2D eigenvalue weighted by atomic mass is 19.1. The van der Waals surface area contributed by atoms with Gasteiger partial charge in [-0.2, -0.15) is 5.10 Å². The van der Waals surface area contributed by atoms with Crippen LogP contribution in [0.5, 0.6) is 0 Å². The maximum absolute atomic E-state index is 13.9. The van der Waals surface area contributed by atoms with Crippen molar-refractivity contribution in [1.29, 1.82) is 0 Å². The van der Waals surface area contributed by atoms with E-state index in [1.807, 2.05) is 16.8 Å². The largest absolute Gasteiger partial charge is 0.371 e. The van der Waals surface area contributed by atoms with Gasteiger partial charge in [0, 0.05) is 30.8 Å². The summed E-state index contributed by atoms with van der Waals surface area (Å²) in [5.41, 5.74) is 1.63. The number of aromatic nitrogens is 2. The summed E-state index contributed by atoms with van der Waals surface area (Å²) in [5, 5.41) is 7.45. The average Bonchev–Trinajstić information content (AvgIpc) is 3.04. The van der Waals surface area contributed by atoms with E-state index in [0.717, 1.165) is 12.1 Å². The van der Waals surface area contributed by atoms with Crippen LogP contribution in [0.4, 0.5) is 4.39 Å². The molecule has 1 aromatic heterocycles. The molecule has 4 atom stereocenters. The van der Waals surface area contributed by atoms with Crippen molar-refractivity contribution in [2.75, 3.05) is 6.61 Å². The van der Waals surface area contributed by atoms with E-state index >= 15 is 0 Å². The zero-order valence-corrected chi connectivity index (χ0v) is 15.1. The van der Waals surface area contributed by atoms with Crippen molar-refractivity contribution in [3.8, 4) is 0 Å². The van der Waals surface area contributed by atoms with Crippen LogP contribution in [0.2, 0.25) is 0 Å². The predicted octanol–water partition coefficient (Wildman–Crippen LogP) is 3.35. The number of benzene rings is 1. The third-order valence-corrected chi connectivity index (χ3v) is 5.33. The monoisotopic (exact) mass is 357 g/mol. The minimum atomic E-state index is -0.273. The molecule has 138 valence electrons. The lowest BCUT2D eigenvalue weighted by Gasteiger charge is -2.21. The molecule has 5 nitrogen and oxygen atoms in total. The number of nitrogens with one attached hydrogen (secondary N) is 1. The van der Waals surface area contributed by atoms with Crippen molar-refractivity contribution in [2.24, 2.45) is 5.92 Å². The summed E-state index contributed by atoms with van der Waals surface area (Å²) in [6.45, 7) is 4.68. The first kappa shape index (κ1) is 17.2. The van der Waals surface area contributed by atoms with E-state index in [2.05, 4.69) is 24.3 Å². The average molecular weight is 357 g/mol.